The van der Waals surface area contributed by atoms with Crippen LogP contribution in [0.4, 0.5) is 0 Å². The molecule has 194 valence electrons. The molecule has 0 radical (unpaired) electrons. The lowest BCUT2D eigenvalue weighted by Gasteiger charge is -2.27. The van der Waals surface area contributed by atoms with Gasteiger partial charge in [0.1, 0.15) is 23.9 Å². The van der Waals surface area contributed by atoms with Gasteiger partial charge in [-0.2, -0.15) is 0 Å². The number of aromatic hydroxyl groups is 1. The van der Waals surface area contributed by atoms with Gasteiger partial charge in [-0.3, -0.25) is 19.2 Å². The van der Waals surface area contributed by atoms with Gasteiger partial charge in [-0.15, -0.1) is 0 Å². The van der Waals surface area contributed by atoms with E-state index in [1.54, 1.807) is 20.8 Å². The Morgan fingerprint density at radius 3 is 1.94 bits per heavy atom. The molecule has 12 heteroatoms. The van der Waals surface area contributed by atoms with Crippen LogP contribution in [0, 0.1) is 5.92 Å². The number of carboxylic acid groups (broad SMARTS) is 2. The minimum absolute atomic E-state index is 0.0184. The maximum atomic E-state index is 12.9. The van der Waals surface area contributed by atoms with Crippen LogP contribution >= 0.6 is 0 Å². The van der Waals surface area contributed by atoms with Gasteiger partial charge in [0.25, 0.3) is 0 Å². The van der Waals surface area contributed by atoms with Crippen LogP contribution in [0.2, 0.25) is 0 Å². The third-order valence-corrected chi connectivity index (χ3v) is 5.18. The van der Waals surface area contributed by atoms with Crippen molar-refractivity contribution in [3.05, 3.63) is 29.8 Å². The zero-order chi connectivity index (χ0) is 26.7. The molecule has 1 rings (SSSR count). The predicted octanol–water partition coefficient (Wildman–Crippen LogP) is -0.268. The molecule has 12 nitrogen and oxygen atoms in total. The topological polar surface area (TPSA) is 208 Å². The van der Waals surface area contributed by atoms with Gasteiger partial charge in [-0.25, -0.2) is 4.79 Å². The van der Waals surface area contributed by atoms with Gasteiger partial charge in [-0.05, 0) is 30.0 Å². The minimum Gasteiger partial charge on any atom is -0.508 e. The van der Waals surface area contributed by atoms with Crippen LogP contribution in [0.1, 0.15) is 45.6 Å². The number of aliphatic carboxylic acids is 2. The number of nitrogens with one attached hydrogen (secondary N) is 3. The summed E-state index contributed by atoms with van der Waals surface area (Å²) in [4.78, 5) is 60.5. The molecule has 4 atom stereocenters. The normalized spacial score (nSPS) is 14.3. The monoisotopic (exact) mass is 494 g/mol. The summed E-state index contributed by atoms with van der Waals surface area (Å²) in [6.45, 7) is 5.10. The molecular formula is C23H34N4O8. The number of phenols is 1. The van der Waals surface area contributed by atoms with E-state index in [9.17, 15) is 34.2 Å². The summed E-state index contributed by atoms with van der Waals surface area (Å²) in [7, 11) is 0. The number of carbonyl (C=O) groups excluding carboxylic acids is 3. The van der Waals surface area contributed by atoms with Crippen molar-refractivity contribution in [3.63, 3.8) is 0 Å². The highest BCUT2D eigenvalue weighted by Gasteiger charge is 2.32. The van der Waals surface area contributed by atoms with Gasteiger partial charge in [0, 0.05) is 6.42 Å². The van der Waals surface area contributed by atoms with Crippen LogP contribution in [0.25, 0.3) is 0 Å². The summed E-state index contributed by atoms with van der Waals surface area (Å²) in [6.07, 6.45) is 0.0538. The molecule has 0 spiro atoms. The summed E-state index contributed by atoms with van der Waals surface area (Å²) >= 11 is 0. The van der Waals surface area contributed by atoms with Crippen LogP contribution in [0.5, 0.6) is 5.75 Å². The van der Waals surface area contributed by atoms with Crippen molar-refractivity contribution < 1.29 is 39.3 Å². The summed E-state index contributed by atoms with van der Waals surface area (Å²) in [5, 5.41) is 35.1. The Balaban J connectivity index is 2.92. The third kappa shape index (κ3) is 10.0. The molecule has 3 amide bonds. The van der Waals surface area contributed by atoms with Crippen molar-refractivity contribution in [2.75, 3.05) is 0 Å². The van der Waals surface area contributed by atoms with E-state index in [2.05, 4.69) is 16.0 Å². The number of rotatable bonds is 14. The second-order valence-electron chi connectivity index (χ2n) is 8.55. The summed E-state index contributed by atoms with van der Waals surface area (Å²) in [5.41, 5.74) is 6.13. The Morgan fingerprint density at radius 2 is 1.46 bits per heavy atom. The SMILES string of the molecule is CCC[C@H](NC(=O)[C@@H](N)CC(=O)O)C(=O)N[C@H](C(=O)N[C@@H](Cc1ccc(O)cc1)C(=O)O)C(C)C. The molecule has 0 aliphatic rings. The second-order valence-corrected chi connectivity index (χ2v) is 8.55. The van der Waals surface area contributed by atoms with Crippen LogP contribution in [-0.2, 0) is 30.4 Å². The van der Waals surface area contributed by atoms with E-state index in [0.29, 0.717) is 12.0 Å². The van der Waals surface area contributed by atoms with Crippen LogP contribution in [-0.4, -0.2) is 69.1 Å². The lowest BCUT2D eigenvalue weighted by molar-refractivity contribution is -0.142. The third-order valence-electron chi connectivity index (χ3n) is 5.18. The number of hydrogen-bond donors (Lipinski definition) is 7. The van der Waals surface area contributed by atoms with Crippen LogP contribution in [0.3, 0.4) is 0 Å². The standard InChI is InChI=1S/C23H34N4O8/c1-4-5-16(25-20(31)15(24)11-18(29)30)21(32)27-19(12(2)3)22(33)26-17(23(34)35)10-13-6-8-14(28)9-7-13/h6-9,12,15-17,19,28H,4-5,10-11,24H2,1-3H3,(H,25,31)(H,26,33)(H,27,32)(H,29,30)(H,34,35)/t15-,16-,17-,19-/m0/s1. The molecule has 8 N–H and O–H groups in total. The van der Waals surface area contributed by atoms with Crippen molar-refractivity contribution in [2.45, 2.75) is 70.6 Å². The summed E-state index contributed by atoms with van der Waals surface area (Å²) < 4.78 is 0. The highest BCUT2D eigenvalue weighted by molar-refractivity contribution is 5.94. The molecule has 0 aliphatic carbocycles. The number of nitrogens with two attached hydrogens (primary N) is 1. The molecule has 0 saturated carbocycles. The Bertz CT molecular complexity index is 903. The molecule has 0 fully saturated rings. The first kappa shape index (κ1) is 29.4. The number of carbonyl (C=O) groups is 5. The molecule has 0 unspecified atom stereocenters. The number of benzene rings is 1. The van der Waals surface area contributed by atoms with Crippen molar-refractivity contribution in [2.24, 2.45) is 11.7 Å². The fourth-order valence-corrected chi connectivity index (χ4v) is 3.24. The van der Waals surface area contributed by atoms with E-state index >= 15 is 0 Å². The lowest BCUT2D eigenvalue weighted by Crippen LogP contribution is -2.58. The molecule has 35 heavy (non-hydrogen) atoms. The van der Waals surface area contributed by atoms with Crippen molar-refractivity contribution in [3.8, 4) is 5.75 Å². The predicted molar refractivity (Wildman–Crippen MR) is 125 cm³/mol. The number of phenolic OH excluding ortho intramolecular Hbond substituents is 1. The van der Waals surface area contributed by atoms with E-state index in [-0.39, 0.29) is 18.6 Å². The molecule has 0 heterocycles. The zero-order valence-electron chi connectivity index (χ0n) is 20.0. The Hall–Kier alpha value is -3.67. The molecule has 1 aromatic carbocycles. The molecule has 0 aromatic heterocycles. The highest BCUT2D eigenvalue weighted by Crippen LogP contribution is 2.12. The maximum Gasteiger partial charge on any atom is 0.326 e. The molecule has 0 aliphatic heterocycles. The van der Waals surface area contributed by atoms with E-state index in [1.807, 2.05) is 0 Å². The largest absolute Gasteiger partial charge is 0.508 e. The van der Waals surface area contributed by atoms with E-state index in [4.69, 9.17) is 10.8 Å². The van der Waals surface area contributed by atoms with Crippen molar-refractivity contribution in [1.29, 1.82) is 0 Å². The number of amides is 3. The molecular weight excluding hydrogens is 460 g/mol. The smallest absolute Gasteiger partial charge is 0.326 e. The first-order valence-electron chi connectivity index (χ1n) is 11.2. The number of carboxylic acids is 2. The average Bonchev–Trinajstić information content (AvgIpc) is 2.76. The number of hydrogen-bond acceptors (Lipinski definition) is 7. The van der Waals surface area contributed by atoms with Gasteiger partial charge in [-0.1, -0.05) is 39.3 Å². The lowest BCUT2D eigenvalue weighted by atomic mass is 10.0. The molecule has 1 aromatic rings. The molecule has 0 saturated heterocycles. The van der Waals surface area contributed by atoms with Crippen LogP contribution in [0.15, 0.2) is 24.3 Å². The van der Waals surface area contributed by atoms with E-state index in [0.717, 1.165) is 0 Å². The Kier molecular flexibility index (Phi) is 11.7. The fourth-order valence-electron chi connectivity index (χ4n) is 3.24. The van der Waals surface area contributed by atoms with Gasteiger partial charge >= 0.3 is 11.9 Å². The minimum atomic E-state index is -1.35. The van der Waals surface area contributed by atoms with E-state index < -0.39 is 66.2 Å². The first-order chi connectivity index (χ1) is 16.3. The van der Waals surface area contributed by atoms with Gasteiger partial charge in [0.05, 0.1) is 12.5 Å². The van der Waals surface area contributed by atoms with Gasteiger partial charge < -0.3 is 37.0 Å². The highest BCUT2D eigenvalue weighted by atomic mass is 16.4. The van der Waals surface area contributed by atoms with Crippen molar-refractivity contribution >= 4 is 29.7 Å². The maximum absolute atomic E-state index is 12.9. The fraction of sp³-hybridized carbons (Fsp3) is 0.522. The average molecular weight is 495 g/mol. The van der Waals surface area contributed by atoms with Gasteiger partial charge in [0.15, 0.2) is 0 Å². The molecule has 0 bridgehead atoms. The summed E-state index contributed by atoms with van der Waals surface area (Å²) in [5.74, 6) is -5.15. The zero-order valence-corrected chi connectivity index (χ0v) is 20.0. The van der Waals surface area contributed by atoms with Gasteiger partial charge in [0.2, 0.25) is 17.7 Å². The second kappa shape index (κ2) is 13.9. The quantitative estimate of drug-likeness (QED) is 0.181. The van der Waals surface area contributed by atoms with Crippen molar-refractivity contribution in [1.82, 2.24) is 16.0 Å². The summed E-state index contributed by atoms with van der Waals surface area (Å²) in [6, 6.07) is 1.07. The van der Waals surface area contributed by atoms with Crippen LogP contribution < -0.4 is 21.7 Å². The van der Waals surface area contributed by atoms with E-state index in [1.165, 1.54) is 24.3 Å². The Morgan fingerprint density at radius 1 is 0.886 bits per heavy atom. The Labute approximate surface area is 203 Å². The first-order valence-corrected chi connectivity index (χ1v) is 11.2.